The van der Waals surface area contributed by atoms with Gasteiger partial charge in [-0.15, -0.1) is 0 Å². The Labute approximate surface area is 114 Å². The molecule has 0 bridgehead atoms. The van der Waals surface area contributed by atoms with Crippen molar-refractivity contribution in [2.24, 2.45) is 0 Å². The molecule has 0 aliphatic carbocycles. The van der Waals surface area contributed by atoms with Gasteiger partial charge in [0.2, 0.25) is 0 Å². The quantitative estimate of drug-likeness (QED) is 0.798. The van der Waals surface area contributed by atoms with Crippen molar-refractivity contribution in [3.8, 4) is 5.75 Å². The Hall–Kier alpha value is -1.58. The standard InChI is InChI=1S/C16H20O3/c1-12-8-9-13-6-4-5-7-15(13)16(12)19-11-14(18-3)10-17-2/h4-9,14H,10-11H2,1-3H3. The van der Waals surface area contributed by atoms with Gasteiger partial charge in [-0.1, -0.05) is 36.4 Å². The fourth-order valence-corrected chi connectivity index (χ4v) is 2.09. The maximum atomic E-state index is 5.95. The summed E-state index contributed by atoms with van der Waals surface area (Å²) in [5.74, 6) is 0.927. The molecule has 3 nitrogen and oxygen atoms in total. The maximum Gasteiger partial charge on any atom is 0.130 e. The summed E-state index contributed by atoms with van der Waals surface area (Å²) in [6.07, 6.45) is -0.0524. The van der Waals surface area contributed by atoms with Gasteiger partial charge in [-0.2, -0.15) is 0 Å². The van der Waals surface area contributed by atoms with E-state index < -0.39 is 0 Å². The SMILES string of the molecule is COCC(COc1c(C)ccc2ccccc12)OC. The number of hydrogen-bond acceptors (Lipinski definition) is 3. The molecule has 0 aliphatic heterocycles. The predicted molar refractivity (Wildman–Crippen MR) is 76.9 cm³/mol. The molecule has 0 heterocycles. The molecule has 0 saturated heterocycles. The second kappa shape index (κ2) is 6.55. The van der Waals surface area contributed by atoms with E-state index >= 15 is 0 Å². The predicted octanol–water partition coefficient (Wildman–Crippen LogP) is 3.19. The van der Waals surface area contributed by atoms with E-state index in [1.54, 1.807) is 14.2 Å². The minimum Gasteiger partial charge on any atom is -0.490 e. The Kier molecular flexibility index (Phi) is 4.77. The molecular formula is C16H20O3. The topological polar surface area (TPSA) is 27.7 Å². The van der Waals surface area contributed by atoms with Gasteiger partial charge in [0.25, 0.3) is 0 Å². The zero-order valence-corrected chi connectivity index (χ0v) is 11.7. The molecule has 0 saturated carbocycles. The number of aryl methyl sites for hydroxylation is 1. The number of ether oxygens (including phenoxy) is 3. The molecule has 0 fully saturated rings. The molecule has 0 amide bonds. The van der Waals surface area contributed by atoms with E-state index in [-0.39, 0.29) is 6.10 Å². The van der Waals surface area contributed by atoms with Gasteiger partial charge >= 0.3 is 0 Å². The third-order valence-corrected chi connectivity index (χ3v) is 3.18. The summed E-state index contributed by atoms with van der Waals surface area (Å²) in [6, 6.07) is 12.4. The summed E-state index contributed by atoms with van der Waals surface area (Å²) in [5.41, 5.74) is 1.13. The van der Waals surface area contributed by atoms with Crippen LogP contribution >= 0.6 is 0 Å². The largest absolute Gasteiger partial charge is 0.490 e. The summed E-state index contributed by atoms with van der Waals surface area (Å²) in [7, 11) is 3.33. The number of fused-ring (bicyclic) bond motifs is 1. The fourth-order valence-electron chi connectivity index (χ4n) is 2.09. The minimum atomic E-state index is -0.0524. The van der Waals surface area contributed by atoms with E-state index in [9.17, 15) is 0 Å². The monoisotopic (exact) mass is 260 g/mol. The molecule has 2 aromatic carbocycles. The molecule has 0 radical (unpaired) electrons. The van der Waals surface area contributed by atoms with Gasteiger partial charge in [0.05, 0.1) is 6.61 Å². The smallest absolute Gasteiger partial charge is 0.130 e. The van der Waals surface area contributed by atoms with Crippen molar-refractivity contribution < 1.29 is 14.2 Å². The first-order valence-corrected chi connectivity index (χ1v) is 6.39. The van der Waals surface area contributed by atoms with Crippen molar-refractivity contribution >= 4 is 10.8 Å². The van der Waals surface area contributed by atoms with Crippen LogP contribution in [0.5, 0.6) is 5.75 Å². The lowest BCUT2D eigenvalue weighted by Gasteiger charge is -2.17. The zero-order chi connectivity index (χ0) is 13.7. The fraction of sp³-hybridized carbons (Fsp3) is 0.375. The number of rotatable bonds is 6. The summed E-state index contributed by atoms with van der Waals surface area (Å²) >= 11 is 0. The van der Waals surface area contributed by atoms with Gasteiger partial charge in [0.1, 0.15) is 18.5 Å². The van der Waals surface area contributed by atoms with Crippen molar-refractivity contribution in [2.75, 3.05) is 27.4 Å². The average molecular weight is 260 g/mol. The third-order valence-electron chi connectivity index (χ3n) is 3.18. The molecule has 102 valence electrons. The van der Waals surface area contributed by atoms with E-state index in [0.29, 0.717) is 13.2 Å². The van der Waals surface area contributed by atoms with Gasteiger partial charge in [0.15, 0.2) is 0 Å². The van der Waals surface area contributed by atoms with Crippen LogP contribution in [0.15, 0.2) is 36.4 Å². The summed E-state index contributed by atoms with van der Waals surface area (Å²) in [4.78, 5) is 0. The van der Waals surface area contributed by atoms with Crippen LogP contribution in [0, 0.1) is 6.92 Å². The van der Waals surface area contributed by atoms with Crippen LogP contribution in [-0.2, 0) is 9.47 Å². The van der Waals surface area contributed by atoms with Gasteiger partial charge in [-0.05, 0) is 17.9 Å². The lowest BCUT2D eigenvalue weighted by molar-refractivity contribution is 0.00106. The first kappa shape index (κ1) is 13.8. The summed E-state index contributed by atoms with van der Waals surface area (Å²) in [5, 5.41) is 2.32. The van der Waals surface area contributed by atoms with Gasteiger partial charge < -0.3 is 14.2 Å². The van der Waals surface area contributed by atoms with E-state index in [1.165, 1.54) is 5.39 Å². The van der Waals surface area contributed by atoms with Crippen LogP contribution in [-0.4, -0.2) is 33.5 Å². The van der Waals surface area contributed by atoms with E-state index in [0.717, 1.165) is 16.7 Å². The summed E-state index contributed by atoms with van der Waals surface area (Å²) < 4.78 is 16.4. The molecule has 2 aromatic rings. The number of methoxy groups -OCH3 is 2. The van der Waals surface area contributed by atoms with Crippen molar-refractivity contribution in [1.82, 2.24) is 0 Å². The van der Waals surface area contributed by atoms with Gasteiger partial charge in [-0.25, -0.2) is 0 Å². The Morgan fingerprint density at radius 2 is 1.79 bits per heavy atom. The Morgan fingerprint density at radius 3 is 2.53 bits per heavy atom. The highest BCUT2D eigenvalue weighted by molar-refractivity contribution is 5.89. The highest BCUT2D eigenvalue weighted by atomic mass is 16.5. The van der Waals surface area contributed by atoms with Gasteiger partial charge in [0, 0.05) is 19.6 Å². The molecule has 1 unspecified atom stereocenters. The van der Waals surface area contributed by atoms with Crippen LogP contribution in [0.25, 0.3) is 10.8 Å². The second-order valence-corrected chi connectivity index (χ2v) is 4.56. The highest BCUT2D eigenvalue weighted by Gasteiger charge is 2.11. The highest BCUT2D eigenvalue weighted by Crippen LogP contribution is 2.29. The van der Waals surface area contributed by atoms with Crippen molar-refractivity contribution in [1.29, 1.82) is 0 Å². The average Bonchev–Trinajstić information content (AvgIpc) is 2.45. The molecule has 19 heavy (non-hydrogen) atoms. The Balaban J connectivity index is 2.22. The second-order valence-electron chi connectivity index (χ2n) is 4.56. The van der Waals surface area contributed by atoms with Crippen molar-refractivity contribution in [3.05, 3.63) is 42.0 Å². The van der Waals surface area contributed by atoms with Crippen molar-refractivity contribution in [2.45, 2.75) is 13.0 Å². The summed E-state index contributed by atoms with van der Waals surface area (Å²) in [6.45, 7) is 3.07. The molecule has 0 aliphatic rings. The first-order chi connectivity index (χ1) is 9.26. The molecule has 0 aromatic heterocycles. The van der Waals surface area contributed by atoms with E-state index in [4.69, 9.17) is 14.2 Å². The van der Waals surface area contributed by atoms with Crippen LogP contribution in [0.3, 0.4) is 0 Å². The first-order valence-electron chi connectivity index (χ1n) is 6.39. The van der Waals surface area contributed by atoms with Crippen molar-refractivity contribution in [3.63, 3.8) is 0 Å². The normalized spacial score (nSPS) is 12.6. The lowest BCUT2D eigenvalue weighted by atomic mass is 10.1. The molecule has 3 heteroatoms. The Bertz CT molecular complexity index is 537. The molecule has 1 atom stereocenters. The number of benzene rings is 2. The molecular weight excluding hydrogens is 240 g/mol. The Morgan fingerprint density at radius 1 is 1.00 bits per heavy atom. The zero-order valence-electron chi connectivity index (χ0n) is 11.7. The molecule has 0 N–H and O–H groups in total. The van der Waals surface area contributed by atoms with E-state index in [2.05, 4.69) is 31.2 Å². The van der Waals surface area contributed by atoms with Crippen LogP contribution in [0.1, 0.15) is 5.56 Å². The van der Waals surface area contributed by atoms with Crippen LogP contribution in [0.2, 0.25) is 0 Å². The van der Waals surface area contributed by atoms with Crippen LogP contribution in [0.4, 0.5) is 0 Å². The van der Waals surface area contributed by atoms with E-state index in [1.807, 2.05) is 12.1 Å². The number of hydrogen-bond donors (Lipinski definition) is 0. The molecule has 2 rings (SSSR count). The third kappa shape index (κ3) is 3.25. The maximum absolute atomic E-state index is 5.95. The lowest BCUT2D eigenvalue weighted by Crippen LogP contribution is -2.25. The van der Waals surface area contributed by atoms with Crippen LogP contribution < -0.4 is 4.74 Å². The molecule has 0 spiro atoms. The minimum absolute atomic E-state index is 0.0524. The van der Waals surface area contributed by atoms with Gasteiger partial charge in [-0.3, -0.25) is 0 Å².